The Labute approximate surface area is 155 Å². The highest BCUT2D eigenvalue weighted by atomic mass is 35.5. The van der Waals surface area contributed by atoms with E-state index in [2.05, 4.69) is 15.5 Å². The number of nitrogens with zero attached hydrogens (tertiary/aromatic N) is 4. The standard InChI is InChI=1S/C17H17Cl2N5O/c1-11-15(19)9-20-24(11)12(2)17(25)21-16-7-8-23(22-16)10-13-3-5-14(18)6-4-13/h3-9,12H,10H2,1-2H3,(H,21,22,25). The second-order valence-corrected chi connectivity index (χ2v) is 6.56. The molecule has 0 aliphatic rings. The molecule has 0 radical (unpaired) electrons. The summed E-state index contributed by atoms with van der Waals surface area (Å²) in [5.74, 6) is 0.279. The second kappa shape index (κ2) is 7.29. The lowest BCUT2D eigenvalue weighted by Gasteiger charge is -2.13. The van der Waals surface area contributed by atoms with Gasteiger partial charge in [0, 0.05) is 17.3 Å². The van der Waals surface area contributed by atoms with Gasteiger partial charge in [0.2, 0.25) is 5.91 Å². The zero-order chi connectivity index (χ0) is 18.0. The number of benzene rings is 1. The van der Waals surface area contributed by atoms with Crippen molar-refractivity contribution in [2.45, 2.75) is 26.4 Å². The minimum Gasteiger partial charge on any atom is -0.307 e. The molecular weight excluding hydrogens is 361 g/mol. The number of carbonyl (C=O) groups excluding carboxylic acids is 1. The Balaban J connectivity index is 1.65. The van der Waals surface area contributed by atoms with Gasteiger partial charge >= 0.3 is 0 Å². The molecule has 0 bridgehead atoms. The zero-order valence-corrected chi connectivity index (χ0v) is 15.3. The summed E-state index contributed by atoms with van der Waals surface area (Å²) in [6.07, 6.45) is 3.34. The number of aromatic nitrogens is 4. The highest BCUT2D eigenvalue weighted by Gasteiger charge is 2.19. The van der Waals surface area contributed by atoms with Crippen LogP contribution >= 0.6 is 23.2 Å². The van der Waals surface area contributed by atoms with E-state index < -0.39 is 6.04 Å². The first-order valence-electron chi connectivity index (χ1n) is 7.72. The number of amides is 1. The SMILES string of the molecule is Cc1c(Cl)cnn1C(C)C(=O)Nc1ccn(Cc2ccc(Cl)cc2)n1. The van der Waals surface area contributed by atoms with Crippen molar-refractivity contribution in [2.24, 2.45) is 0 Å². The molecule has 3 rings (SSSR count). The first kappa shape index (κ1) is 17.5. The van der Waals surface area contributed by atoms with Gasteiger partial charge in [-0.05, 0) is 31.5 Å². The van der Waals surface area contributed by atoms with Crippen LogP contribution in [-0.4, -0.2) is 25.5 Å². The fourth-order valence-corrected chi connectivity index (χ4v) is 2.68. The minimum absolute atomic E-state index is 0.209. The van der Waals surface area contributed by atoms with E-state index in [9.17, 15) is 4.79 Å². The zero-order valence-electron chi connectivity index (χ0n) is 13.8. The monoisotopic (exact) mass is 377 g/mol. The Morgan fingerprint density at radius 2 is 1.96 bits per heavy atom. The fourth-order valence-electron chi connectivity index (χ4n) is 2.43. The molecular formula is C17H17Cl2N5O. The quantitative estimate of drug-likeness (QED) is 0.731. The van der Waals surface area contributed by atoms with Gasteiger partial charge in [0.05, 0.1) is 23.5 Å². The summed E-state index contributed by atoms with van der Waals surface area (Å²) in [6.45, 7) is 4.17. The van der Waals surface area contributed by atoms with Gasteiger partial charge in [-0.1, -0.05) is 35.3 Å². The van der Waals surface area contributed by atoms with Crippen molar-refractivity contribution in [1.82, 2.24) is 19.6 Å². The molecule has 1 amide bonds. The normalized spacial score (nSPS) is 12.2. The number of nitrogens with one attached hydrogen (secondary N) is 1. The van der Waals surface area contributed by atoms with Crippen LogP contribution in [0.1, 0.15) is 24.2 Å². The first-order valence-corrected chi connectivity index (χ1v) is 8.48. The molecule has 8 heteroatoms. The molecule has 130 valence electrons. The van der Waals surface area contributed by atoms with Crippen LogP contribution in [0.15, 0.2) is 42.7 Å². The van der Waals surface area contributed by atoms with Crippen LogP contribution in [0.2, 0.25) is 10.0 Å². The van der Waals surface area contributed by atoms with Crippen molar-refractivity contribution in [2.75, 3.05) is 5.32 Å². The summed E-state index contributed by atoms with van der Waals surface area (Å²) in [5.41, 5.74) is 1.82. The number of halogens is 2. The van der Waals surface area contributed by atoms with Crippen molar-refractivity contribution < 1.29 is 4.79 Å². The van der Waals surface area contributed by atoms with E-state index in [0.29, 0.717) is 22.4 Å². The molecule has 3 aromatic rings. The molecule has 0 saturated heterocycles. The molecule has 6 nitrogen and oxygen atoms in total. The lowest BCUT2D eigenvalue weighted by molar-refractivity contribution is -0.119. The van der Waals surface area contributed by atoms with Crippen molar-refractivity contribution in [1.29, 1.82) is 0 Å². The lowest BCUT2D eigenvalue weighted by Crippen LogP contribution is -2.25. The van der Waals surface area contributed by atoms with Gasteiger partial charge < -0.3 is 5.32 Å². The van der Waals surface area contributed by atoms with E-state index in [1.165, 1.54) is 6.20 Å². The predicted octanol–water partition coefficient (Wildman–Crippen LogP) is 3.94. The number of anilines is 1. The van der Waals surface area contributed by atoms with Gasteiger partial charge in [0.1, 0.15) is 6.04 Å². The number of carbonyl (C=O) groups is 1. The maximum atomic E-state index is 12.4. The van der Waals surface area contributed by atoms with Gasteiger partial charge in [-0.25, -0.2) is 0 Å². The molecule has 1 unspecified atom stereocenters. The average Bonchev–Trinajstić information content (AvgIpc) is 3.16. The maximum absolute atomic E-state index is 12.4. The molecule has 1 N–H and O–H groups in total. The van der Waals surface area contributed by atoms with Gasteiger partial charge in [-0.3, -0.25) is 14.2 Å². The average molecular weight is 378 g/mol. The third-order valence-electron chi connectivity index (χ3n) is 3.88. The Hall–Kier alpha value is -2.31. The van der Waals surface area contributed by atoms with E-state index in [4.69, 9.17) is 23.2 Å². The van der Waals surface area contributed by atoms with Crippen LogP contribution < -0.4 is 5.32 Å². The maximum Gasteiger partial charge on any atom is 0.250 e. The molecule has 2 aromatic heterocycles. The van der Waals surface area contributed by atoms with Gasteiger partial charge in [0.25, 0.3) is 0 Å². The van der Waals surface area contributed by atoms with Crippen LogP contribution in [0.5, 0.6) is 0 Å². The molecule has 0 fully saturated rings. The van der Waals surface area contributed by atoms with Crippen molar-refractivity contribution in [3.05, 3.63) is 64.0 Å². The molecule has 2 heterocycles. The largest absolute Gasteiger partial charge is 0.307 e. The third kappa shape index (κ3) is 4.03. The van der Waals surface area contributed by atoms with Crippen LogP contribution in [-0.2, 0) is 11.3 Å². The molecule has 0 aliphatic carbocycles. The molecule has 1 aromatic carbocycles. The summed E-state index contributed by atoms with van der Waals surface area (Å²) in [5, 5.41) is 12.5. The third-order valence-corrected chi connectivity index (χ3v) is 4.50. The predicted molar refractivity (Wildman–Crippen MR) is 98.1 cm³/mol. The van der Waals surface area contributed by atoms with Crippen LogP contribution in [0.25, 0.3) is 0 Å². The van der Waals surface area contributed by atoms with Crippen LogP contribution in [0.4, 0.5) is 5.82 Å². The Bertz CT molecular complexity index is 885. The minimum atomic E-state index is -0.492. The van der Waals surface area contributed by atoms with E-state index in [1.807, 2.05) is 37.4 Å². The Morgan fingerprint density at radius 1 is 1.24 bits per heavy atom. The second-order valence-electron chi connectivity index (χ2n) is 5.71. The molecule has 0 spiro atoms. The van der Waals surface area contributed by atoms with Crippen molar-refractivity contribution >= 4 is 34.9 Å². The van der Waals surface area contributed by atoms with Gasteiger partial charge in [-0.2, -0.15) is 10.2 Å². The van der Waals surface area contributed by atoms with Crippen molar-refractivity contribution in [3.8, 4) is 0 Å². The van der Waals surface area contributed by atoms with E-state index in [1.54, 1.807) is 22.4 Å². The first-order chi connectivity index (χ1) is 11.9. The summed E-state index contributed by atoms with van der Waals surface area (Å²) >= 11 is 11.9. The number of hydrogen-bond donors (Lipinski definition) is 1. The van der Waals surface area contributed by atoms with Crippen molar-refractivity contribution in [3.63, 3.8) is 0 Å². The van der Waals surface area contributed by atoms with E-state index >= 15 is 0 Å². The lowest BCUT2D eigenvalue weighted by atomic mass is 10.2. The van der Waals surface area contributed by atoms with Gasteiger partial charge in [-0.15, -0.1) is 0 Å². The van der Waals surface area contributed by atoms with Crippen LogP contribution in [0, 0.1) is 6.92 Å². The molecule has 25 heavy (non-hydrogen) atoms. The van der Waals surface area contributed by atoms with Crippen LogP contribution in [0.3, 0.4) is 0 Å². The fraction of sp³-hybridized carbons (Fsp3) is 0.235. The summed E-state index contributed by atoms with van der Waals surface area (Å²) in [6, 6.07) is 8.81. The molecule has 0 aliphatic heterocycles. The number of hydrogen-bond acceptors (Lipinski definition) is 3. The summed E-state index contributed by atoms with van der Waals surface area (Å²) < 4.78 is 3.34. The summed E-state index contributed by atoms with van der Waals surface area (Å²) in [4.78, 5) is 12.4. The molecule has 0 saturated carbocycles. The number of rotatable bonds is 5. The van der Waals surface area contributed by atoms with E-state index in [0.717, 1.165) is 11.3 Å². The Kier molecular flexibility index (Phi) is 5.11. The smallest absolute Gasteiger partial charge is 0.250 e. The Morgan fingerprint density at radius 3 is 2.60 bits per heavy atom. The van der Waals surface area contributed by atoms with Gasteiger partial charge in [0.15, 0.2) is 5.82 Å². The highest BCUT2D eigenvalue weighted by molar-refractivity contribution is 6.31. The topological polar surface area (TPSA) is 64.7 Å². The van der Waals surface area contributed by atoms with E-state index in [-0.39, 0.29) is 5.91 Å². The highest BCUT2D eigenvalue weighted by Crippen LogP contribution is 2.19. The summed E-state index contributed by atoms with van der Waals surface area (Å²) in [7, 11) is 0. The molecule has 1 atom stereocenters.